The molecule has 0 saturated carbocycles. The van der Waals surface area contributed by atoms with Crippen molar-refractivity contribution in [1.29, 1.82) is 0 Å². The van der Waals surface area contributed by atoms with Crippen molar-refractivity contribution in [2.75, 3.05) is 6.61 Å². The molecule has 0 unspecified atom stereocenters. The van der Waals surface area contributed by atoms with Crippen LogP contribution in [0.15, 0.2) is 29.9 Å². The first kappa shape index (κ1) is 11.7. The SMILES string of the molecule is O=C(O)COCc1csc(-c2ccncc2)n1. The Hall–Kier alpha value is -1.79. The first-order chi connectivity index (χ1) is 8.25. The van der Waals surface area contributed by atoms with Crippen LogP contribution in [0.2, 0.25) is 0 Å². The fraction of sp³-hybridized carbons (Fsp3) is 0.182. The van der Waals surface area contributed by atoms with Gasteiger partial charge in [-0.15, -0.1) is 11.3 Å². The lowest BCUT2D eigenvalue weighted by Crippen LogP contribution is -2.06. The number of ether oxygens (including phenoxy) is 1. The highest BCUT2D eigenvalue weighted by molar-refractivity contribution is 7.13. The van der Waals surface area contributed by atoms with Gasteiger partial charge in [-0.1, -0.05) is 0 Å². The second-order valence-electron chi connectivity index (χ2n) is 3.27. The summed E-state index contributed by atoms with van der Waals surface area (Å²) in [7, 11) is 0. The molecule has 0 aromatic carbocycles. The number of aromatic nitrogens is 2. The Kier molecular flexibility index (Phi) is 3.79. The molecule has 5 nitrogen and oxygen atoms in total. The zero-order valence-electron chi connectivity index (χ0n) is 8.87. The second-order valence-corrected chi connectivity index (χ2v) is 4.12. The standard InChI is InChI=1S/C11H10N2O3S/c14-10(15)6-16-5-9-7-17-11(13-9)8-1-3-12-4-2-8/h1-4,7H,5-6H2,(H,14,15). The molecule has 0 fully saturated rings. The van der Waals surface area contributed by atoms with E-state index >= 15 is 0 Å². The molecule has 0 aliphatic carbocycles. The number of thiazole rings is 1. The highest BCUT2D eigenvalue weighted by atomic mass is 32.1. The number of carboxylic acid groups (broad SMARTS) is 1. The van der Waals surface area contributed by atoms with Gasteiger partial charge in [0.2, 0.25) is 0 Å². The molecule has 1 N–H and O–H groups in total. The average molecular weight is 250 g/mol. The van der Waals surface area contributed by atoms with Crippen molar-refractivity contribution in [1.82, 2.24) is 9.97 Å². The van der Waals surface area contributed by atoms with Crippen molar-refractivity contribution in [3.63, 3.8) is 0 Å². The predicted molar refractivity (Wildman–Crippen MR) is 62.6 cm³/mol. The number of carbonyl (C=O) groups is 1. The molecule has 0 radical (unpaired) electrons. The molecule has 0 atom stereocenters. The van der Waals surface area contributed by atoms with Crippen LogP contribution in [0.25, 0.3) is 10.6 Å². The van der Waals surface area contributed by atoms with Gasteiger partial charge in [0.15, 0.2) is 0 Å². The second kappa shape index (κ2) is 5.51. The van der Waals surface area contributed by atoms with E-state index in [0.717, 1.165) is 16.3 Å². The molecule has 0 bridgehead atoms. The van der Waals surface area contributed by atoms with Gasteiger partial charge in [0.25, 0.3) is 0 Å². The van der Waals surface area contributed by atoms with E-state index in [1.54, 1.807) is 12.4 Å². The van der Waals surface area contributed by atoms with E-state index in [4.69, 9.17) is 9.84 Å². The van der Waals surface area contributed by atoms with Gasteiger partial charge in [0.1, 0.15) is 11.6 Å². The molecule has 0 aliphatic heterocycles. The summed E-state index contributed by atoms with van der Waals surface area (Å²) in [4.78, 5) is 18.6. The molecular weight excluding hydrogens is 240 g/mol. The van der Waals surface area contributed by atoms with E-state index in [9.17, 15) is 4.79 Å². The largest absolute Gasteiger partial charge is 0.480 e. The molecule has 0 amide bonds. The predicted octanol–water partition coefficient (Wildman–Crippen LogP) is 1.81. The summed E-state index contributed by atoms with van der Waals surface area (Å²) < 4.78 is 4.96. The fourth-order valence-corrected chi connectivity index (χ4v) is 2.05. The maximum atomic E-state index is 10.3. The quantitative estimate of drug-likeness (QED) is 0.876. The summed E-state index contributed by atoms with van der Waals surface area (Å²) in [6.07, 6.45) is 3.41. The monoisotopic (exact) mass is 250 g/mol. The van der Waals surface area contributed by atoms with E-state index in [1.807, 2.05) is 17.5 Å². The number of hydrogen-bond acceptors (Lipinski definition) is 5. The number of aliphatic carboxylic acids is 1. The highest BCUT2D eigenvalue weighted by Crippen LogP contribution is 2.22. The molecule has 2 heterocycles. The lowest BCUT2D eigenvalue weighted by molar-refractivity contribution is -0.142. The third-order valence-electron chi connectivity index (χ3n) is 1.95. The van der Waals surface area contributed by atoms with Gasteiger partial charge in [-0.2, -0.15) is 0 Å². The maximum Gasteiger partial charge on any atom is 0.329 e. The molecule has 6 heteroatoms. The molecule has 0 spiro atoms. The summed E-state index contributed by atoms with van der Waals surface area (Å²) in [6, 6.07) is 3.75. The smallest absolute Gasteiger partial charge is 0.329 e. The van der Waals surface area contributed by atoms with Gasteiger partial charge in [-0.3, -0.25) is 4.98 Å². The van der Waals surface area contributed by atoms with Gasteiger partial charge in [-0.25, -0.2) is 9.78 Å². The first-order valence-corrected chi connectivity index (χ1v) is 5.78. The van der Waals surface area contributed by atoms with Crippen LogP contribution in [0.5, 0.6) is 0 Å². The minimum absolute atomic E-state index is 0.216. The van der Waals surface area contributed by atoms with E-state index in [2.05, 4.69) is 9.97 Å². The highest BCUT2D eigenvalue weighted by Gasteiger charge is 2.05. The third kappa shape index (κ3) is 3.33. The Labute approximate surface area is 102 Å². The van der Waals surface area contributed by atoms with Gasteiger partial charge < -0.3 is 9.84 Å². The molecule has 2 aromatic rings. The van der Waals surface area contributed by atoms with Crippen LogP contribution in [-0.2, 0) is 16.1 Å². The fourth-order valence-electron chi connectivity index (χ4n) is 1.24. The number of hydrogen-bond donors (Lipinski definition) is 1. The summed E-state index contributed by atoms with van der Waals surface area (Å²) in [6.45, 7) is -0.0873. The third-order valence-corrected chi connectivity index (χ3v) is 2.89. The van der Waals surface area contributed by atoms with Crippen LogP contribution < -0.4 is 0 Å². The van der Waals surface area contributed by atoms with Crippen LogP contribution >= 0.6 is 11.3 Å². The number of nitrogens with zero attached hydrogens (tertiary/aromatic N) is 2. The van der Waals surface area contributed by atoms with Crippen molar-refractivity contribution >= 4 is 17.3 Å². The minimum Gasteiger partial charge on any atom is -0.480 e. The van der Waals surface area contributed by atoms with Gasteiger partial charge in [-0.05, 0) is 12.1 Å². The van der Waals surface area contributed by atoms with Crippen LogP contribution in [0.4, 0.5) is 0 Å². The summed E-state index contributed by atoms with van der Waals surface area (Å²) in [5.41, 5.74) is 1.73. The number of pyridine rings is 1. The van der Waals surface area contributed by atoms with Crippen LogP contribution in [0.3, 0.4) is 0 Å². The Bertz CT molecular complexity index is 498. The zero-order valence-corrected chi connectivity index (χ0v) is 9.68. The van der Waals surface area contributed by atoms with Crippen molar-refractivity contribution < 1.29 is 14.6 Å². The Morgan fingerprint density at radius 1 is 1.41 bits per heavy atom. The Balaban J connectivity index is 1.99. The number of carboxylic acids is 1. The van der Waals surface area contributed by atoms with Crippen molar-refractivity contribution in [3.05, 3.63) is 35.6 Å². The van der Waals surface area contributed by atoms with Crippen LogP contribution in [0, 0.1) is 0 Å². The topological polar surface area (TPSA) is 72.3 Å². The van der Waals surface area contributed by atoms with Gasteiger partial charge in [0, 0.05) is 23.3 Å². The lowest BCUT2D eigenvalue weighted by atomic mass is 10.3. The summed E-state index contributed by atoms with van der Waals surface area (Å²) in [5.74, 6) is -0.977. The van der Waals surface area contributed by atoms with Crippen molar-refractivity contribution in [2.24, 2.45) is 0 Å². The Morgan fingerprint density at radius 2 is 2.18 bits per heavy atom. The van der Waals surface area contributed by atoms with E-state index in [0.29, 0.717) is 0 Å². The van der Waals surface area contributed by atoms with Gasteiger partial charge in [0.05, 0.1) is 12.3 Å². The molecule has 0 saturated heterocycles. The van der Waals surface area contributed by atoms with Crippen molar-refractivity contribution in [2.45, 2.75) is 6.61 Å². The zero-order chi connectivity index (χ0) is 12.1. The first-order valence-electron chi connectivity index (χ1n) is 4.90. The summed E-state index contributed by atoms with van der Waals surface area (Å²) in [5, 5.41) is 11.2. The number of rotatable bonds is 5. The summed E-state index contributed by atoms with van der Waals surface area (Å²) >= 11 is 1.50. The molecule has 0 aliphatic rings. The average Bonchev–Trinajstić information content (AvgIpc) is 2.78. The van der Waals surface area contributed by atoms with Gasteiger partial charge >= 0.3 is 5.97 Å². The van der Waals surface area contributed by atoms with E-state index < -0.39 is 5.97 Å². The normalized spacial score (nSPS) is 10.4. The molecule has 17 heavy (non-hydrogen) atoms. The van der Waals surface area contributed by atoms with E-state index in [-0.39, 0.29) is 13.2 Å². The Morgan fingerprint density at radius 3 is 2.88 bits per heavy atom. The molecule has 88 valence electrons. The molecular formula is C11H10N2O3S. The van der Waals surface area contributed by atoms with E-state index in [1.165, 1.54) is 11.3 Å². The molecule has 2 aromatic heterocycles. The maximum absolute atomic E-state index is 10.3. The lowest BCUT2D eigenvalue weighted by Gasteiger charge is -1.97. The molecule has 2 rings (SSSR count). The van der Waals surface area contributed by atoms with Crippen LogP contribution in [-0.4, -0.2) is 27.7 Å². The van der Waals surface area contributed by atoms with Crippen molar-refractivity contribution in [3.8, 4) is 10.6 Å². The minimum atomic E-state index is -0.977. The van der Waals surface area contributed by atoms with Crippen LogP contribution in [0.1, 0.15) is 5.69 Å².